The van der Waals surface area contributed by atoms with Gasteiger partial charge in [0.15, 0.2) is 5.78 Å². The number of nitrogens with zero attached hydrogens (tertiary/aromatic N) is 2. The SMILES string of the molecule is COc1cc(C(=O)c2c(-c3ccc(OCCN4CCCC4)cc3)sc3cc(C)ccc23)ccc1CN1CCOCC1. The molecule has 0 aliphatic carbocycles. The van der Waals surface area contributed by atoms with E-state index in [9.17, 15) is 4.79 Å². The molecule has 0 radical (unpaired) electrons. The van der Waals surface area contributed by atoms with Crippen molar-refractivity contribution in [3.05, 3.63) is 82.9 Å². The molecule has 0 bridgehead atoms. The summed E-state index contributed by atoms with van der Waals surface area (Å²) in [5.74, 6) is 1.62. The fraction of sp³-hybridized carbons (Fsp3) is 0.382. The van der Waals surface area contributed by atoms with E-state index in [0.29, 0.717) is 12.2 Å². The number of ether oxygens (including phenoxy) is 3. The zero-order valence-corrected chi connectivity index (χ0v) is 24.8. The van der Waals surface area contributed by atoms with Gasteiger partial charge in [0.25, 0.3) is 0 Å². The molecule has 3 heterocycles. The Morgan fingerprint density at radius 2 is 1.71 bits per heavy atom. The van der Waals surface area contributed by atoms with Gasteiger partial charge in [-0.25, -0.2) is 0 Å². The van der Waals surface area contributed by atoms with E-state index in [1.807, 2.05) is 30.3 Å². The first-order valence-electron chi connectivity index (χ1n) is 14.6. The van der Waals surface area contributed by atoms with Crippen LogP contribution in [-0.4, -0.2) is 75.2 Å². The summed E-state index contributed by atoms with van der Waals surface area (Å²) in [5.41, 5.74) is 4.67. The normalized spacial score (nSPS) is 16.3. The van der Waals surface area contributed by atoms with Crippen LogP contribution in [0.3, 0.4) is 0 Å². The lowest BCUT2D eigenvalue weighted by Gasteiger charge is -2.27. The maximum absolute atomic E-state index is 14.2. The van der Waals surface area contributed by atoms with Crippen LogP contribution in [0.25, 0.3) is 20.5 Å². The van der Waals surface area contributed by atoms with E-state index >= 15 is 0 Å². The molecule has 41 heavy (non-hydrogen) atoms. The minimum atomic E-state index is 0.0114. The number of methoxy groups -OCH3 is 1. The van der Waals surface area contributed by atoms with E-state index in [-0.39, 0.29) is 5.78 Å². The van der Waals surface area contributed by atoms with E-state index in [1.165, 1.54) is 31.5 Å². The molecule has 7 heteroatoms. The summed E-state index contributed by atoms with van der Waals surface area (Å²) in [6, 6.07) is 20.4. The largest absolute Gasteiger partial charge is 0.496 e. The van der Waals surface area contributed by atoms with Crippen molar-refractivity contribution in [3.63, 3.8) is 0 Å². The molecule has 0 atom stereocenters. The van der Waals surface area contributed by atoms with Crippen LogP contribution in [0.1, 0.15) is 39.9 Å². The predicted molar refractivity (Wildman–Crippen MR) is 166 cm³/mol. The van der Waals surface area contributed by atoms with Gasteiger partial charge in [-0.2, -0.15) is 0 Å². The second-order valence-corrected chi connectivity index (χ2v) is 12.0. The molecular formula is C34H38N2O4S. The lowest BCUT2D eigenvalue weighted by Crippen LogP contribution is -2.35. The van der Waals surface area contributed by atoms with Crippen molar-refractivity contribution in [2.75, 3.05) is 59.7 Å². The molecule has 6 nitrogen and oxygen atoms in total. The molecule has 4 aromatic rings. The Bertz CT molecular complexity index is 1500. The number of morpholine rings is 1. The summed E-state index contributed by atoms with van der Waals surface area (Å²) < 4.78 is 18.4. The van der Waals surface area contributed by atoms with Crippen LogP contribution in [-0.2, 0) is 11.3 Å². The van der Waals surface area contributed by atoms with Gasteiger partial charge < -0.3 is 14.2 Å². The number of likely N-dealkylation sites (tertiary alicyclic amines) is 1. The minimum Gasteiger partial charge on any atom is -0.496 e. The molecule has 6 rings (SSSR count). The van der Waals surface area contributed by atoms with Gasteiger partial charge >= 0.3 is 0 Å². The minimum absolute atomic E-state index is 0.0114. The molecule has 0 N–H and O–H groups in total. The highest BCUT2D eigenvalue weighted by Crippen LogP contribution is 2.41. The Morgan fingerprint density at radius 1 is 0.927 bits per heavy atom. The average Bonchev–Trinajstić information content (AvgIpc) is 3.66. The van der Waals surface area contributed by atoms with Crippen molar-refractivity contribution in [2.24, 2.45) is 0 Å². The number of fused-ring (bicyclic) bond motifs is 1. The summed E-state index contributed by atoms with van der Waals surface area (Å²) in [6.45, 7) is 10.2. The monoisotopic (exact) mass is 570 g/mol. The maximum atomic E-state index is 14.2. The molecule has 0 saturated carbocycles. The van der Waals surface area contributed by atoms with Gasteiger partial charge in [0.05, 0.1) is 20.3 Å². The number of aryl methyl sites for hydroxylation is 1. The number of carbonyl (C=O) groups is 1. The molecule has 0 unspecified atom stereocenters. The molecule has 2 fully saturated rings. The number of hydrogen-bond donors (Lipinski definition) is 0. The fourth-order valence-electron chi connectivity index (χ4n) is 5.79. The Morgan fingerprint density at radius 3 is 2.46 bits per heavy atom. The summed E-state index contributed by atoms with van der Waals surface area (Å²) in [7, 11) is 1.68. The van der Waals surface area contributed by atoms with Crippen molar-refractivity contribution >= 4 is 27.2 Å². The topological polar surface area (TPSA) is 51.2 Å². The van der Waals surface area contributed by atoms with Gasteiger partial charge in [0, 0.05) is 57.8 Å². The Hall–Kier alpha value is -3.23. The molecule has 1 aromatic heterocycles. The third kappa shape index (κ3) is 6.33. The first-order chi connectivity index (χ1) is 20.1. The maximum Gasteiger partial charge on any atom is 0.195 e. The zero-order chi connectivity index (χ0) is 28.2. The first-order valence-corrected chi connectivity index (χ1v) is 15.4. The van der Waals surface area contributed by atoms with Gasteiger partial charge in [-0.15, -0.1) is 11.3 Å². The van der Waals surface area contributed by atoms with E-state index in [2.05, 4.69) is 47.1 Å². The number of ketones is 1. The second-order valence-electron chi connectivity index (χ2n) is 11.0. The summed E-state index contributed by atoms with van der Waals surface area (Å²) in [4.78, 5) is 20.0. The van der Waals surface area contributed by atoms with Crippen LogP contribution in [0.5, 0.6) is 11.5 Å². The van der Waals surface area contributed by atoms with Crippen LogP contribution < -0.4 is 9.47 Å². The third-order valence-corrected chi connectivity index (χ3v) is 9.31. The number of rotatable bonds is 10. The molecule has 214 valence electrons. The van der Waals surface area contributed by atoms with Crippen molar-refractivity contribution < 1.29 is 19.0 Å². The van der Waals surface area contributed by atoms with E-state index in [4.69, 9.17) is 14.2 Å². The molecular weight excluding hydrogens is 532 g/mol. The van der Waals surface area contributed by atoms with Crippen LogP contribution in [0, 0.1) is 6.92 Å². The predicted octanol–water partition coefficient (Wildman–Crippen LogP) is 6.42. The van der Waals surface area contributed by atoms with Crippen LogP contribution in [0.15, 0.2) is 60.7 Å². The van der Waals surface area contributed by atoms with Gasteiger partial charge in [-0.3, -0.25) is 14.6 Å². The highest BCUT2D eigenvalue weighted by atomic mass is 32.1. The Kier molecular flexibility index (Phi) is 8.67. The van der Waals surface area contributed by atoms with Gasteiger partial charge in [-0.1, -0.05) is 24.3 Å². The lowest BCUT2D eigenvalue weighted by molar-refractivity contribution is 0.0339. The molecule has 2 aliphatic rings. The standard InChI is InChI=1S/C34H38N2O4S/c1-24-5-12-29-31(21-24)41-34(25-8-10-28(11-9-25)40-20-17-35-13-3-4-14-35)32(29)33(37)26-6-7-27(30(22-26)38-2)23-36-15-18-39-19-16-36/h5-12,21-22H,3-4,13-20,23H2,1-2H3. The molecule has 2 saturated heterocycles. The summed E-state index contributed by atoms with van der Waals surface area (Å²) in [6.07, 6.45) is 2.58. The highest BCUT2D eigenvalue weighted by Gasteiger charge is 2.23. The van der Waals surface area contributed by atoms with Crippen LogP contribution >= 0.6 is 11.3 Å². The number of hydrogen-bond acceptors (Lipinski definition) is 7. The van der Waals surface area contributed by atoms with Crippen LogP contribution in [0.2, 0.25) is 0 Å². The van der Waals surface area contributed by atoms with Crippen molar-refractivity contribution in [1.82, 2.24) is 9.80 Å². The van der Waals surface area contributed by atoms with E-state index < -0.39 is 0 Å². The highest BCUT2D eigenvalue weighted by molar-refractivity contribution is 7.22. The van der Waals surface area contributed by atoms with Crippen molar-refractivity contribution in [1.29, 1.82) is 0 Å². The van der Waals surface area contributed by atoms with Crippen molar-refractivity contribution in [2.45, 2.75) is 26.3 Å². The number of thiophene rings is 1. The number of carbonyl (C=O) groups excluding carboxylic acids is 1. The molecule has 2 aliphatic heterocycles. The second kappa shape index (κ2) is 12.7. The smallest absolute Gasteiger partial charge is 0.195 e. The lowest BCUT2D eigenvalue weighted by atomic mass is 9.96. The Balaban J connectivity index is 1.27. The van der Waals surface area contributed by atoms with Gasteiger partial charge in [-0.05, 0) is 80.4 Å². The first kappa shape index (κ1) is 27.9. The number of benzene rings is 3. The van der Waals surface area contributed by atoms with Crippen LogP contribution in [0.4, 0.5) is 0 Å². The van der Waals surface area contributed by atoms with E-state index in [0.717, 1.165) is 82.5 Å². The quantitative estimate of drug-likeness (QED) is 0.205. The average molecular weight is 571 g/mol. The Labute approximate surface area is 246 Å². The van der Waals surface area contributed by atoms with Gasteiger partial charge in [0.2, 0.25) is 0 Å². The van der Waals surface area contributed by atoms with E-state index in [1.54, 1.807) is 18.4 Å². The molecule has 0 spiro atoms. The molecule has 0 amide bonds. The summed E-state index contributed by atoms with van der Waals surface area (Å²) in [5, 5.41) is 0.989. The third-order valence-electron chi connectivity index (χ3n) is 8.11. The summed E-state index contributed by atoms with van der Waals surface area (Å²) >= 11 is 1.67. The van der Waals surface area contributed by atoms with Gasteiger partial charge in [0.1, 0.15) is 18.1 Å². The molecule has 3 aromatic carbocycles. The fourth-order valence-corrected chi connectivity index (χ4v) is 7.10. The zero-order valence-electron chi connectivity index (χ0n) is 24.0. The van der Waals surface area contributed by atoms with Crippen molar-refractivity contribution in [3.8, 4) is 21.9 Å².